The van der Waals surface area contributed by atoms with Gasteiger partial charge in [0.25, 0.3) is 0 Å². The summed E-state index contributed by atoms with van der Waals surface area (Å²) in [5.41, 5.74) is 5.17. The molecule has 0 radical (unpaired) electrons. The first-order chi connectivity index (χ1) is 14.2. The summed E-state index contributed by atoms with van der Waals surface area (Å²) in [7, 11) is 0. The van der Waals surface area contributed by atoms with Gasteiger partial charge in [-0.3, -0.25) is 4.98 Å². The molecule has 0 atom stereocenters. The van der Waals surface area contributed by atoms with Crippen molar-refractivity contribution in [1.82, 2.24) is 10.3 Å². The maximum atomic E-state index is 12.2. The molecule has 0 aliphatic heterocycles. The van der Waals surface area contributed by atoms with Crippen LogP contribution in [0.2, 0.25) is 0 Å². The van der Waals surface area contributed by atoms with Gasteiger partial charge in [0, 0.05) is 24.1 Å². The normalized spacial score (nSPS) is 10.7. The highest BCUT2D eigenvalue weighted by Gasteiger charge is 2.04. The molecule has 144 valence electrons. The number of aryl methyl sites for hydroxylation is 1. The maximum Gasteiger partial charge on any atom is 0.319 e. The van der Waals surface area contributed by atoms with Gasteiger partial charge in [0.1, 0.15) is 0 Å². The van der Waals surface area contributed by atoms with Crippen LogP contribution in [0.3, 0.4) is 0 Å². The van der Waals surface area contributed by atoms with Gasteiger partial charge in [-0.25, -0.2) is 4.79 Å². The van der Waals surface area contributed by atoms with Crippen LogP contribution >= 0.6 is 0 Å². The molecular formula is C25H23N3O. The lowest BCUT2D eigenvalue weighted by Gasteiger charge is -2.09. The van der Waals surface area contributed by atoms with Gasteiger partial charge >= 0.3 is 6.03 Å². The van der Waals surface area contributed by atoms with E-state index in [2.05, 4.69) is 45.9 Å². The van der Waals surface area contributed by atoms with Gasteiger partial charge in [0.15, 0.2) is 0 Å². The van der Waals surface area contributed by atoms with Crippen molar-refractivity contribution in [1.29, 1.82) is 0 Å². The van der Waals surface area contributed by atoms with Crippen molar-refractivity contribution in [3.63, 3.8) is 0 Å². The first kappa shape index (κ1) is 18.7. The highest BCUT2D eigenvalue weighted by atomic mass is 16.2. The lowest BCUT2D eigenvalue weighted by molar-refractivity contribution is 0.252. The Hall–Kier alpha value is -3.66. The van der Waals surface area contributed by atoms with Crippen LogP contribution < -0.4 is 10.6 Å². The van der Waals surface area contributed by atoms with Gasteiger partial charge in [-0.05, 0) is 65.1 Å². The topological polar surface area (TPSA) is 54.0 Å². The molecule has 0 spiro atoms. The van der Waals surface area contributed by atoms with Gasteiger partial charge < -0.3 is 10.6 Å². The summed E-state index contributed by atoms with van der Waals surface area (Å²) in [4.78, 5) is 16.4. The molecule has 4 nitrogen and oxygen atoms in total. The number of carbonyl (C=O) groups is 1. The highest BCUT2D eigenvalue weighted by Crippen LogP contribution is 2.21. The summed E-state index contributed by atoms with van der Waals surface area (Å²) >= 11 is 0. The molecule has 1 heterocycles. The number of benzene rings is 3. The molecule has 29 heavy (non-hydrogen) atoms. The third-order valence-electron chi connectivity index (χ3n) is 4.89. The van der Waals surface area contributed by atoms with Gasteiger partial charge in [0.2, 0.25) is 0 Å². The summed E-state index contributed by atoms with van der Waals surface area (Å²) in [6.45, 7) is 2.56. The van der Waals surface area contributed by atoms with Crippen LogP contribution in [0.25, 0.3) is 21.9 Å². The van der Waals surface area contributed by atoms with E-state index in [-0.39, 0.29) is 6.03 Å². The van der Waals surface area contributed by atoms with Crippen molar-refractivity contribution in [3.8, 4) is 11.1 Å². The SMILES string of the molecule is Cc1cc(-c2ccc(NC(=O)NCCc3ccc4ccccc4c3)cc2)ccn1. The Kier molecular flexibility index (Phi) is 5.52. The van der Waals surface area contributed by atoms with Crippen LogP contribution in [0.4, 0.5) is 10.5 Å². The lowest BCUT2D eigenvalue weighted by Crippen LogP contribution is -2.30. The second-order valence-electron chi connectivity index (χ2n) is 7.08. The van der Waals surface area contributed by atoms with Crippen LogP contribution in [0.1, 0.15) is 11.3 Å². The van der Waals surface area contributed by atoms with Crippen LogP contribution in [0.15, 0.2) is 85.1 Å². The van der Waals surface area contributed by atoms with Gasteiger partial charge in [0.05, 0.1) is 0 Å². The van der Waals surface area contributed by atoms with Gasteiger partial charge in [-0.15, -0.1) is 0 Å². The summed E-state index contributed by atoms with van der Waals surface area (Å²) in [5.74, 6) is 0. The highest BCUT2D eigenvalue weighted by molar-refractivity contribution is 5.89. The standard InChI is InChI=1S/C25H23N3O/c1-18-16-23(13-15-26-18)21-8-10-24(11-9-21)28-25(29)27-14-12-19-6-7-20-4-2-3-5-22(20)17-19/h2-11,13,15-17H,12,14H2,1H3,(H2,27,28,29). The Labute approximate surface area is 170 Å². The minimum absolute atomic E-state index is 0.196. The van der Waals surface area contributed by atoms with Gasteiger partial charge in [-0.2, -0.15) is 0 Å². The number of hydrogen-bond acceptors (Lipinski definition) is 2. The van der Waals surface area contributed by atoms with Crippen LogP contribution in [-0.2, 0) is 6.42 Å². The van der Waals surface area contributed by atoms with Crippen molar-refractivity contribution in [2.75, 3.05) is 11.9 Å². The predicted molar refractivity (Wildman–Crippen MR) is 119 cm³/mol. The number of aromatic nitrogens is 1. The molecule has 0 aliphatic rings. The number of nitrogens with zero attached hydrogens (tertiary/aromatic N) is 1. The zero-order valence-electron chi connectivity index (χ0n) is 16.4. The van der Waals surface area contributed by atoms with E-state index >= 15 is 0 Å². The van der Waals surface area contributed by atoms with Crippen LogP contribution in [0.5, 0.6) is 0 Å². The molecule has 4 rings (SSSR count). The first-order valence-corrected chi connectivity index (χ1v) is 9.73. The number of rotatable bonds is 5. The molecule has 0 fully saturated rings. The average Bonchev–Trinajstić information content (AvgIpc) is 2.74. The van der Waals surface area contributed by atoms with Gasteiger partial charge in [-0.1, -0.05) is 54.6 Å². The largest absolute Gasteiger partial charge is 0.338 e. The number of pyridine rings is 1. The fourth-order valence-electron chi connectivity index (χ4n) is 3.36. The predicted octanol–water partition coefficient (Wildman–Crippen LogP) is 5.57. The third-order valence-corrected chi connectivity index (χ3v) is 4.89. The molecule has 2 N–H and O–H groups in total. The van der Waals surface area contributed by atoms with E-state index in [0.717, 1.165) is 28.9 Å². The number of urea groups is 1. The number of carbonyl (C=O) groups excluding carboxylic acids is 1. The smallest absolute Gasteiger partial charge is 0.319 e. The molecule has 0 saturated carbocycles. The van der Waals surface area contributed by atoms with Crippen molar-refractivity contribution in [2.45, 2.75) is 13.3 Å². The molecule has 1 aromatic heterocycles. The number of anilines is 1. The zero-order chi connectivity index (χ0) is 20.1. The quantitative estimate of drug-likeness (QED) is 0.474. The zero-order valence-corrected chi connectivity index (χ0v) is 16.4. The number of hydrogen-bond donors (Lipinski definition) is 2. The van der Waals surface area contributed by atoms with Crippen molar-refractivity contribution in [2.24, 2.45) is 0 Å². The van der Waals surface area contributed by atoms with E-state index in [0.29, 0.717) is 6.54 Å². The Balaban J connectivity index is 1.30. The molecule has 2 amide bonds. The Morgan fingerprint density at radius 3 is 2.45 bits per heavy atom. The van der Waals surface area contributed by atoms with E-state index < -0.39 is 0 Å². The maximum absolute atomic E-state index is 12.2. The minimum Gasteiger partial charge on any atom is -0.338 e. The molecule has 4 aromatic rings. The summed E-state index contributed by atoms with van der Waals surface area (Å²) in [5, 5.41) is 8.26. The lowest BCUT2D eigenvalue weighted by atomic mass is 10.1. The molecule has 0 saturated heterocycles. The van der Waals surface area contributed by atoms with E-state index in [9.17, 15) is 4.79 Å². The van der Waals surface area contributed by atoms with E-state index in [4.69, 9.17) is 0 Å². The third kappa shape index (κ3) is 4.79. The molecule has 0 aliphatic carbocycles. The molecule has 4 heteroatoms. The fraction of sp³-hybridized carbons (Fsp3) is 0.120. The van der Waals surface area contributed by atoms with Crippen molar-refractivity contribution >= 4 is 22.5 Å². The molecule has 0 unspecified atom stereocenters. The van der Waals surface area contributed by atoms with Crippen molar-refractivity contribution < 1.29 is 4.79 Å². The molecule has 0 bridgehead atoms. The summed E-state index contributed by atoms with van der Waals surface area (Å²) in [6.07, 6.45) is 2.60. The summed E-state index contributed by atoms with van der Waals surface area (Å²) < 4.78 is 0. The molecule has 3 aromatic carbocycles. The second kappa shape index (κ2) is 8.57. The monoisotopic (exact) mass is 381 g/mol. The first-order valence-electron chi connectivity index (χ1n) is 9.73. The van der Waals surface area contributed by atoms with Crippen LogP contribution in [0, 0.1) is 6.92 Å². The van der Waals surface area contributed by atoms with E-state index in [1.165, 1.54) is 16.3 Å². The Bertz CT molecular complexity index is 1140. The number of nitrogens with one attached hydrogen (secondary N) is 2. The van der Waals surface area contributed by atoms with Crippen LogP contribution in [-0.4, -0.2) is 17.6 Å². The Morgan fingerprint density at radius 1 is 0.862 bits per heavy atom. The molecular weight excluding hydrogens is 358 g/mol. The minimum atomic E-state index is -0.196. The fourth-order valence-corrected chi connectivity index (χ4v) is 3.36. The average molecular weight is 381 g/mol. The summed E-state index contributed by atoms with van der Waals surface area (Å²) in [6, 6.07) is 26.3. The van der Waals surface area contributed by atoms with E-state index in [1.54, 1.807) is 6.20 Å². The Morgan fingerprint density at radius 2 is 1.66 bits per heavy atom. The van der Waals surface area contributed by atoms with Crippen molar-refractivity contribution in [3.05, 3.63) is 96.3 Å². The van der Waals surface area contributed by atoms with E-state index in [1.807, 2.05) is 55.5 Å². The number of fused-ring (bicyclic) bond motifs is 1. The number of amides is 2. The second-order valence-corrected chi connectivity index (χ2v) is 7.08.